The third-order valence-corrected chi connectivity index (χ3v) is 7.70. The molecule has 2 saturated heterocycles. The summed E-state index contributed by atoms with van der Waals surface area (Å²) in [7, 11) is 0. The molecule has 1 aromatic rings. The fraction of sp³-hybridized carbons (Fsp3) is 0.652. The lowest BCUT2D eigenvalue weighted by Crippen LogP contribution is -2.52. The number of hydrogen-bond acceptors (Lipinski definition) is 6. The maximum Gasteiger partial charge on any atom is 0.410 e. The topological polar surface area (TPSA) is 97.3 Å². The number of aliphatic hydroxyl groups excluding tert-OH is 1. The summed E-state index contributed by atoms with van der Waals surface area (Å²) in [6.45, 7) is 2.41. The zero-order valence-corrected chi connectivity index (χ0v) is 19.7. The molecule has 1 unspecified atom stereocenters. The van der Waals surface area contributed by atoms with E-state index in [0.717, 1.165) is 5.56 Å². The van der Waals surface area contributed by atoms with Gasteiger partial charge in [-0.25, -0.2) is 4.79 Å². The standard InChI is InChI=1S/C23H31BrN2O6/c24-20(18-14-23(9-6-19(18)27)31-12-13-32-23)21(28)25-17-7-10-26(11-8-17)22(29)30-15-16-4-2-1-3-5-16/h1-5,17-20,27H,6-15H2,(H,25,28)/t18-,19-,20?/m0/s1. The number of carbonyl (C=O) groups is 2. The first-order valence-corrected chi connectivity index (χ1v) is 12.2. The average molecular weight is 511 g/mol. The van der Waals surface area contributed by atoms with Crippen molar-refractivity contribution < 1.29 is 28.9 Å². The molecule has 0 radical (unpaired) electrons. The fourth-order valence-electron chi connectivity index (χ4n) is 4.73. The predicted molar refractivity (Wildman–Crippen MR) is 120 cm³/mol. The van der Waals surface area contributed by atoms with E-state index in [4.69, 9.17) is 14.2 Å². The second-order valence-electron chi connectivity index (χ2n) is 8.79. The summed E-state index contributed by atoms with van der Waals surface area (Å²) in [5.74, 6) is -1.09. The first-order valence-electron chi connectivity index (χ1n) is 11.3. The quantitative estimate of drug-likeness (QED) is 0.590. The van der Waals surface area contributed by atoms with Crippen LogP contribution in [-0.4, -0.2) is 71.1 Å². The molecule has 2 amide bonds. The van der Waals surface area contributed by atoms with Crippen LogP contribution in [0.15, 0.2) is 30.3 Å². The van der Waals surface area contributed by atoms with E-state index in [0.29, 0.717) is 58.4 Å². The fourth-order valence-corrected chi connectivity index (χ4v) is 5.40. The van der Waals surface area contributed by atoms with Crippen LogP contribution in [0.1, 0.15) is 37.7 Å². The van der Waals surface area contributed by atoms with Gasteiger partial charge in [-0.2, -0.15) is 0 Å². The number of ether oxygens (including phenoxy) is 3. The Labute approximate surface area is 196 Å². The molecule has 1 aliphatic carbocycles. The SMILES string of the molecule is O=C(NC1CCN(C(=O)OCc2ccccc2)CC1)C(Br)[C@H]1CC2(CC[C@@H]1O)OCCO2. The summed E-state index contributed by atoms with van der Waals surface area (Å²) in [4.78, 5) is 26.4. The van der Waals surface area contributed by atoms with Gasteiger partial charge in [-0.05, 0) is 24.8 Å². The van der Waals surface area contributed by atoms with Gasteiger partial charge in [0.2, 0.25) is 5.91 Å². The summed E-state index contributed by atoms with van der Waals surface area (Å²) >= 11 is 3.51. The Morgan fingerprint density at radius 1 is 1.19 bits per heavy atom. The minimum Gasteiger partial charge on any atom is -0.445 e. The highest BCUT2D eigenvalue weighted by molar-refractivity contribution is 9.10. The Morgan fingerprint density at radius 2 is 1.88 bits per heavy atom. The van der Waals surface area contributed by atoms with E-state index in [2.05, 4.69) is 21.2 Å². The number of likely N-dealkylation sites (tertiary alicyclic amines) is 1. The summed E-state index contributed by atoms with van der Waals surface area (Å²) < 4.78 is 17.0. The van der Waals surface area contributed by atoms with Crippen molar-refractivity contribution in [1.29, 1.82) is 0 Å². The van der Waals surface area contributed by atoms with E-state index in [9.17, 15) is 14.7 Å². The van der Waals surface area contributed by atoms with E-state index >= 15 is 0 Å². The Bertz CT molecular complexity index is 780. The van der Waals surface area contributed by atoms with Crippen molar-refractivity contribution in [3.63, 3.8) is 0 Å². The van der Waals surface area contributed by atoms with Gasteiger partial charge in [0.25, 0.3) is 0 Å². The van der Waals surface area contributed by atoms with Crippen LogP contribution in [0.2, 0.25) is 0 Å². The first kappa shape index (κ1) is 23.5. The maximum atomic E-state index is 12.9. The zero-order valence-electron chi connectivity index (χ0n) is 18.1. The van der Waals surface area contributed by atoms with Gasteiger partial charge in [-0.15, -0.1) is 0 Å². The normalized spacial score (nSPS) is 26.6. The highest BCUT2D eigenvalue weighted by atomic mass is 79.9. The number of piperidine rings is 1. The number of nitrogens with one attached hydrogen (secondary N) is 1. The van der Waals surface area contributed by atoms with Crippen molar-refractivity contribution in [3.05, 3.63) is 35.9 Å². The molecular weight excluding hydrogens is 480 g/mol. The zero-order chi connectivity index (χ0) is 22.6. The Balaban J connectivity index is 1.22. The second-order valence-corrected chi connectivity index (χ2v) is 9.78. The minimum absolute atomic E-state index is 0.0191. The average Bonchev–Trinajstić information content (AvgIpc) is 3.28. The number of rotatable bonds is 5. The van der Waals surface area contributed by atoms with Gasteiger partial charge in [0.05, 0.1) is 24.1 Å². The first-order chi connectivity index (χ1) is 15.5. The molecule has 0 aromatic heterocycles. The molecular formula is C23H31BrN2O6. The van der Waals surface area contributed by atoms with Crippen LogP contribution in [0.5, 0.6) is 0 Å². The molecule has 9 heteroatoms. The van der Waals surface area contributed by atoms with Gasteiger partial charge in [-0.3, -0.25) is 4.79 Å². The van der Waals surface area contributed by atoms with Gasteiger partial charge < -0.3 is 29.5 Å². The van der Waals surface area contributed by atoms with E-state index in [1.165, 1.54) is 0 Å². The molecule has 3 atom stereocenters. The number of aliphatic hydroxyl groups is 1. The molecule has 0 bridgehead atoms. The highest BCUT2D eigenvalue weighted by Gasteiger charge is 2.48. The predicted octanol–water partition coefficient (Wildman–Crippen LogP) is 2.57. The van der Waals surface area contributed by atoms with Crippen LogP contribution < -0.4 is 5.32 Å². The Hall–Kier alpha value is -1.68. The molecule has 2 heterocycles. The molecule has 2 N–H and O–H groups in total. The van der Waals surface area contributed by atoms with Crippen LogP contribution in [-0.2, 0) is 25.6 Å². The number of benzene rings is 1. The highest BCUT2D eigenvalue weighted by Crippen LogP contribution is 2.41. The van der Waals surface area contributed by atoms with Gasteiger partial charge in [0.1, 0.15) is 6.61 Å². The van der Waals surface area contributed by atoms with Crippen molar-refractivity contribution in [2.75, 3.05) is 26.3 Å². The minimum atomic E-state index is -0.665. The maximum absolute atomic E-state index is 12.9. The van der Waals surface area contributed by atoms with Gasteiger partial charge in [0.15, 0.2) is 5.79 Å². The summed E-state index contributed by atoms with van der Waals surface area (Å²) in [6.07, 6.45) is 2.09. The molecule has 3 fully saturated rings. The molecule has 1 saturated carbocycles. The number of nitrogens with zero attached hydrogens (tertiary/aromatic N) is 1. The monoisotopic (exact) mass is 510 g/mol. The third-order valence-electron chi connectivity index (χ3n) is 6.61. The molecule has 32 heavy (non-hydrogen) atoms. The largest absolute Gasteiger partial charge is 0.445 e. The molecule has 1 spiro atoms. The lowest BCUT2D eigenvalue weighted by molar-refractivity contribution is -0.201. The number of carbonyl (C=O) groups excluding carboxylic acids is 2. The van der Waals surface area contributed by atoms with Crippen LogP contribution in [0.3, 0.4) is 0 Å². The number of alkyl halides is 1. The summed E-state index contributed by atoms with van der Waals surface area (Å²) in [5, 5.41) is 13.6. The molecule has 8 nitrogen and oxygen atoms in total. The third kappa shape index (κ3) is 5.62. The van der Waals surface area contributed by atoms with E-state index < -0.39 is 16.7 Å². The number of amides is 2. The molecule has 2 aliphatic heterocycles. The van der Waals surface area contributed by atoms with Gasteiger partial charge in [-0.1, -0.05) is 46.3 Å². The number of halogens is 1. The van der Waals surface area contributed by atoms with E-state index in [-0.39, 0.29) is 30.6 Å². The van der Waals surface area contributed by atoms with E-state index in [1.54, 1.807) is 4.90 Å². The van der Waals surface area contributed by atoms with Crippen molar-refractivity contribution in [1.82, 2.24) is 10.2 Å². The van der Waals surface area contributed by atoms with Crippen molar-refractivity contribution in [3.8, 4) is 0 Å². The lowest BCUT2D eigenvalue weighted by atomic mass is 9.80. The Morgan fingerprint density at radius 3 is 2.56 bits per heavy atom. The van der Waals surface area contributed by atoms with Crippen molar-refractivity contribution >= 4 is 27.9 Å². The smallest absolute Gasteiger partial charge is 0.410 e. The molecule has 1 aromatic carbocycles. The molecule has 4 rings (SSSR count). The summed E-state index contributed by atoms with van der Waals surface area (Å²) in [6, 6.07) is 9.56. The number of hydrogen-bond donors (Lipinski definition) is 2. The molecule has 3 aliphatic rings. The van der Waals surface area contributed by atoms with E-state index in [1.807, 2.05) is 30.3 Å². The van der Waals surface area contributed by atoms with Crippen LogP contribution in [0.25, 0.3) is 0 Å². The van der Waals surface area contributed by atoms with Gasteiger partial charge >= 0.3 is 6.09 Å². The lowest BCUT2D eigenvalue weighted by Gasteiger charge is -2.41. The molecule has 176 valence electrons. The summed E-state index contributed by atoms with van der Waals surface area (Å²) in [5.41, 5.74) is 0.950. The van der Waals surface area contributed by atoms with Crippen LogP contribution in [0, 0.1) is 5.92 Å². The van der Waals surface area contributed by atoms with Crippen LogP contribution in [0.4, 0.5) is 4.79 Å². The second kappa shape index (κ2) is 10.5. The van der Waals surface area contributed by atoms with Crippen molar-refractivity contribution in [2.24, 2.45) is 5.92 Å². The van der Waals surface area contributed by atoms with Crippen molar-refractivity contribution in [2.45, 2.75) is 61.5 Å². The Kier molecular flexibility index (Phi) is 7.70. The van der Waals surface area contributed by atoms with Crippen LogP contribution >= 0.6 is 15.9 Å². The van der Waals surface area contributed by atoms with Gasteiger partial charge in [0, 0.05) is 37.9 Å².